The molecule has 0 saturated heterocycles. The van der Waals surface area contributed by atoms with E-state index < -0.39 is 0 Å². The second kappa shape index (κ2) is 9.88. The maximum absolute atomic E-state index is 6.15. The average molecular weight is 446 g/mol. The molecule has 33 heavy (non-hydrogen) atoms. The fourth-order valence-electron chi connectivity index (χ4n) is 4.31. The predicted molar refractivity (Wildman–Crippen MR) is 134 cm³/mol. The largest absolute Gasteiger partial charge is 0.493 e. The lowest BCUT2D eigenvalue weighted by Crippen LogP contribution is -2.30. The van der Waals surface area contributed by atoms with Crippen molar-refractivity contribution in [2.45, 2.75) is 52.6 Å². The Labute approximate surface area is 198 Å². The molecule has 0 bridgehead atoms. The van der Waals surface area contributed by atoms with Gasteiger partial charge < -0.3 is 14.2 Å². The minimum Gasteiger partial charge on any atom is -0.493 e. The van der Waals surface area contributed by atoms with E-state index >= 15 is 0 Å². The standard InChI is InChI=1S/C29H35NO3/c1-6-32-28-18-23-20-30(15-14-22(23)17-27(28)31-5)19-21-8-7-9-26(16-21)33-25-12-10-24(11-13-25)29(2,3)4/h7-13,16-18H,6,14-15,19-20H2,1-5H3. The maximum atomic E-state index is 6.15. The van der Waals surface area contributed by atoms with Crippen molar-refractivity contribution in [1.29, 1.82) is 0 Å². The molecular weight excluding hydrogens is 410 g/mol. The van der Waals surface area contributed by atoms with Gasteiger partial charge in [-0.05, 0) is 77.4 Å². The van der Waals surface area contributed by atoms with Crippen LogP contribution in [0.25, 0.3) is 0 Å². The van der Waals surface area contributed by atoms with E-state index in [4.69, 9.17) is 14.2 Å². The molecule has 0 radical (unpaired) electrons. The normalized spacial score (nSPS) is 14.0. The Balaban J connectivity index is 1.43. The Kier molecular flexibility index (Phi) is 6.94. The van der Waals surface area contributed by atoms with E-state index in [0.717, 1.165) is 49.1 Å². The molecule has 4 nitrogen and oxygen atoms in total. The van der Waals surface area contributed by atoms with Crippen LogP contribution >= 0.6 is 0 Å². The number of ether oxygens (including phenoxy) is 3. The highest BCUT2D eigenvalue weighted by molar-refractivity contribution is 5.48. The fourth-order valence-corrected chi connectivity index (χ4v) is 4.31. The van der Waals surface area contributed by atoms with Gasteiger partial charge in [0.2, 0.25) is 0 Å². The third-order valence-corrected chi connectivity index (χ3v) is 6.14. The van der Waals surface area contributed by atoms with Crippen molar-refractivity contribution in [3.05, 3.63) is 82.9 Å². The summed E-state index contributed by atoms with van der Waals surface area (Å²) in [5.41, 5.74) is 5.36. The molecule has 0 N–H and O–H groups in total. The van der Waals surface area contributed by atoms with Crippen LogP contribution in [0.15, 0.2) is 60.7 Å². The van der Waals surface area contributed by atoms with Gasteiger partial charge in [0.1, 0.15) is 11.5 Å². The van der Waals surface area contributed by atoms with Gasteiger partial charge in [-0.15, -0.1) is 0 Å². The van der Waals surface area contributed by atoms with Crippen LogP contribution in [-0.4, -0.2) is 25.2 Å². The summed E-state index contributed by atoms with van der Waals surface area (Å²) >= 11 is 0. The molecule has 0 atom stereocenters. The number of hydrogen-bond donors (Lipinski definition) is 0. The highest BCUT2D eigenvalue weighted by Crippen LogP contribution is 2.34. The zero-order valence-corrected chi connectivity index (χ0v) is 20.5. The highest BCUT2D eigenvalue weighted by Gasteiger charge is 2.20. The monoisotopic (exact) mass is 445 g/mol. The van der Waals surface area contributed by atoms with Gasteiger partial charge in [-0.25, -0.2) is 0 Å². The second-order valence-corrected chi connectivity index (χ2v) is 9.69. The molecule has 1 aliphatic rings. The number of benzene rings is 3. The third-order valence-electron chi connectivity index (χ3n) is 6.14. The van der Waals surface area contributed by atoms with E-state index in [0.29, 0.717) is 6.61 Å². The van der Waals surface area contributed by atoms with Gasteiger partial charge in [0.05, 0.1) is 13.7 Å². The van der Waals surface area contributed by atoms with Gasteiger partial charge in [-0.1, -0.05) is 45.0 Å². The van der Waals surface area contributed by atoms with Crippen LogP contribution in [0.5, 0.6) is 23.0 Å². The quantitative estimate of drug-likeness (QED) is 0.403. The lowest BCUT2D eigenvalue weighted by molar-refractivity contribution is 0.243. The molecule has 4 rings (SSSR count). The highest BCUT2D eigenvalue weighted by atomic mass is 16.5. The molecule has 0 fully saturated rings. The third kappa shape index (κ3) is 5.69. The zero-order chi connectivity index (χ0) is 23.4. The van der Waals surface area contributed by atoms with Crippen molar-refractivity contribution in [2.24, 2.45) is 0 Å². The molecule has 0 unspecified atom stereocenters. The maximum Gasteiger partial charge on any atom is 0.161 e. The van der Waals surface area contributed by atoms with Gasteiger partial charge in [0.25, 0.3) is 0 Å². The van der Waals surface area contributed by atoms with Gasteiger partial charge >= 0.3 is 0 Å². The Morgan fingerprint density at radius 3 is 2.33 bits per heavy atom. The Morgan fingerprint density at radius 2 is 1.64 bits per heavy atom. The molecule has 3 aromatic rings. The molecule has 174 valence electrons. The summed E-state index contributed by atoms with van der Waals surface area (Å²) in [6.07, 6.45) is 1.01. The summed E-state index contributed by atoms with van der Waals surface area (Å²) in [6, 6.07) is 21.1. The summed E-state index contributed by atoms with van der Waals surface area (Å²) < 4.78 is 17.5. The Hall–Kier alpha value is -2.98. The van der Waals surface area contributed by atoms with Crippen LogP contribution < -0.4 is 14.2 Å². The lowest BCUT2D eigenvalue weighted by atomic mass is 9.87. The van der Waals surface area contributed by atoms with Crippen LogP contribution in [-0.2, 0) is 24.9 Å². The first-order valence-corrected chi connectivity index (χ1v) is 11.8. The molecular formula is C29H35NO3. The van der Waals surface area contributed by atoms with Crippen molar-refractivity contribution in [3.8, 4) is 23.0 Å². The number of hydrogen-bond acceptors (Lipinski definition) is 4. The van der Waals surface area contributed by atoms with Crippen LogP contribution in [0.3, 0.4) is 0 Å². The first kappa shape index (κ1) is 23.2. The molecule has 0 amide bonds. The van der Waals surface area contributed by atoms with Crippen LogP contribution in [0.4, 0.5) is 0 Å². The zero-order valence-electron chi connectivity index (χ0n) is 20.5. The summed E-state index contributed by atoms with van der Waals surface area (Å²) in [5.74, 6) is 3.39. The van der Waals surface area contributed by atoms with Crippen LogP contribution in [0, 0.1) is 0 Å². The second-order valence-electron chi connectivity index (χ2n) is 9.69. The minimum absolute atomic E-state index is 0.139. The van der Waals surface area contributed by atoms with E-state index in [9.17, 15) is 0 Å². The molecule has 0 aliphatic carbocycles. The van der Waals surface area contributed by atoms with Gasteiger partial charge in [-0.3, -0.25) is 4.90 Å². The van der Waals surface area contributed by atoms with Crippen molar-refractivity contribution < 1.29 is 14.2 Å². The minimum atomic E-state index is 0.139. The fraction of sp³-hybridized carbons (Fsp3) is 0.379. The number of rotatable bonds is 7. The van der Waals surface area contributed by atoms with E-state index in [1.54, 1.807) is 7.11 Å². The van der Waals surface area contributed by atoms with Gasteiger partial charge in [0, 0.05) is 19.6 Å². The van der Waals surface area contributed by atoms with Crippen LogP contribution in [0.2, 0.25) is 0 Å². The molecule has 1 heterocycles. The summed E-state index contributed by atoms with van der Waals surface area (Å²) in [7, 11) is 1.70. The molecule has 3 aromatic carbocycles. The van der Waals surface area contributed by atoms with E-state index in [-0.39, 0.29) is 5.41 Å². The van der Waals surface area contributed by atoms with E-state index in [2.05, 4.69) is 80.3 Å². The topological polar surface area (TPSA) is 30.9 Å². The summed E-state index contributed by atoms with van der Waals surface area (Å²) in [4.78, 5) is 2.47. The SMILES string of the molecule is CCOc1cc2c(cc1OC)CCN(Cc1cccc(Oc3ccc(C(C)(C)C)cc3)c1)C2. The molecule has 4 heteroatoms. The number of methoxy groups -OCH3 is 1. The average Bonchev–Trinajstić information content (AvgIpc) is 2.79. The first-order chi connectivity index (χ1) is 15.9. The molecule has 0 saturated carbocycles. The molecule has 1 aliphatic heterocycles. The predicted octanol–water partition coefficient (Wildman–Crippen LogP) is 6.74. The Bertz CT molecular complexity index is 1080. The van der Waals surface area contributed by atoms with E-state index in [1.165, 1.54) is 22.3 Å². The van der Waals surface area contributed by atoms with Crippen LogP contribution in [0.1, 0.15) is 49.9 Å². The smallest absolute Gasteiger partial charge is 0.161 e. The lowest BCUT2D eigenvalue weighted by Gasteiger charge is -2.29. The van der Waals surface area contributed by atoms with Crippen molar-refractivity contribution in [2.75, 3.05) is 20.3 Å². The number of nitrogens with zero attached hydrogens (tertiary/aromatic N) is 1. The molecule has 0 spiro atoms. The van der Waals surface area contributed by atoms with Gasteiger partial charge in [-0.2, -0.15) is 0 Å². The molecule has 0 aromatic heterocycles. The van der Waals surface area contributed by atoms with Gasteiger partial charge in [0.15, 0.2) is 11.5 Å². The number of fused-ring (bicyclic) bond motifs is 1. The summed E-state index contributed by atoms with van der Waals surface area (Å²) in [5, 5.41) is 0. The Morgan fingerprint density at radius 1 is 0.879 bits per heavy atom. The van der Waals surface area contributed by atoms with Crippen molar-refractivity contribution >= 4 is 0 Å². The summed E-state index contributed by atoms with van der Waals surface area (Å²) in [6.45, 7) is 12.1. The van der Waals surface area contributed by atoms with E-state index in [1.807, 2.05) is 13.0 Å². The van der Waals surface area contributed by atoms with Crippen molar-refractivity contribution in [3.63, 3.8) is 0 Å². The van der Waals surface area contributed by atoms with Crippen molar-refractivity contribution in [1.82, 2.24) is 4.90 Å². The first-order valence-electron chi connectivity index (χ1n) is 11.8.